The molecule has 0 spiro atoms. The van der Waals surface area contributed by atoms with E-state index >= 15 is 0 Å². The highest BCUT2D eigenvalue weighted by molar-refractivity contribution is 5.81. The Kier molecular flexibility index (Phi) is 4.71. The van der Waals surface area contributed by atoms with Gasteiger partial charge < -0.3 is 9.88 Å². The second-order valence-corrected chi connectivity index (χ2v) is 5.62. The van der Waals surface area contributed by atoms with Gasteiger partial charge in [0.25, 0.3) is 0 Å². The Morgan fingerprint density at radius 2 is 1.83 bits per heavy atom. The molecule has 0 aliphatic rings. The summed E-state index contributed by atoms with van der Waals surface area (Å²) in [7, 11) is 0. The molecule has 23 heavy (non-hydrogen) atoms. The summed E-state index contributed by atoms with van der Waals surface area (Å²) >= 11 is 0. The van der Waals surface area contributed by atoms with Crippen LogP contribution in [0.5, 0.6) is 0 Å². The van der Waals surface area contributed by atoms with E-state index in [1.807, 2.05) is 59.2 Å². The number of rotatable bonds is 6. The summed E-state index contributed by atoms with van der Waals surface area (Å²) in [4.78, 5) is 17.0. The van der Waals surface area contributed by atoms with Crippen LogP contribution in [0.4, 0.5) is 0 Å². The van der Waals surface area contributed by atoms with Crippen LogP contribution >= 0.6 is 0 Å². The van der Waals surface area contributed by atoms with Gasteiger partial charge in [0.2, 0.25) is 5.91 Å². The summed E-state index contributed by atoms with van der Waals surface area (Å²) in [5.74, 6) is 0.984. The van der Waals surface area contributed by atoms with Crippen molar-refractivity contribution < 1.29 is 4.79 Å². The van der Waals surface area contributed by atoms with Crippen LogP contribution < -0.4 is 5.32 Å². The van der Waals surface area contributed by atoms with E-state index in [2.05, 4.69) is 17.2 Å². The maximum absolute atomic E-state index is 12.3. The van der Waals surface area contributed by atoms with Crippen molar-refractivity contribution in [1.82, 2.24) is 14.9 Å². The molecule has 1 heterocycles. The maximum Gasteiger partial charge on any atom is 0.240 e. The van der Waals surface area contributed by atoms with Gasteiger partial charge in [0.05, 0.1) is 11.0 Å². The summed E-state index contributed by atoms with van der Waals surface area (Å²) < 4.78 is 2.03. The van der Waals surface area contributed by atoms with Crippen LogP contribution in [0.25, 0.3) is 11.0 Å². The predicted octanol–water partition coefficient (Wildman–Crippen LogP) is 3.31. The minimum absolute atomic E-state index is 0.00867. The number of amides is 1. The molecular formula is C19H21N3O. The van der Waals surface area contributed by atoms with E-state index in [-0.39, 0.29) is 5.91 Å². The van der Waals surface area contributed by atoms with E-state index in [0.29, 0.717) is 13.1 Å². The van der Waals surface area contributed by atoms with Gasteiger partial charge in [-0.15, -0.1) is 0 Å². The third-order valence-electron chi connectivity index (χ3n) is 3.84. The molecule has 0 radical (unpaired) electrons. The fraction of sp³-hybridized carbons (Fsp3) is 0.263. The molecule has 0 aliphatic carbocycles. The fourth-order valence-electron chi connectivity index (χ4n) is 2.71. The summed E-state index contributed by atoms with van der Waals surface area (Å²) in [6.07, 6.45) is 1.88. The summed E-state index contributed by atoms with van der Waals surface area (Å²) in [6, 6.07) is 17.9. The molecule has 0 fully saturated rings. The SMILES string of the molecule is CCCc1nc2ccccc2n1CC(=O)NCc1ccccc1. The molecule has 0 saturated carbocycles. The van der Waals surface area contributed by atoms with E-state index in [1.165, 1.54) is 0 Å². The number of para-hydroxylation sites is 2. The van der Waals surface area contributed by atoms with Gasteiger partial charge in [-0.25, -0.2) is 4.98 Å². The Labute approximate surface area is 136 Å². The van der Waals surface area contributed by atoms with E-state index in [4.69, 9.17) is 0 Å². The number of imidazole rings is 1. The van der Waals surface area contributed by atoms with Crippen LogP contribution in [0.15, 0.2) is 54.6 Å². The predicted molar refractivity (Wildman–Crippen MR) is 92.0 cm³/mol. The van der Waals surface area contributed by atoms with E-state index < -0.39 is 0 Å². The van der Waals surface area contributed by atoms with Crippen LogP contribution in [0.3, 0.4) is 0 Å². The third-order valence-corrected chi connectivity index (χ3v) is 3.84. The second-order valence-electron chi connectivity index (χ2n) is 5.62. The number of fused-ring (bicyclic) bond motifs is 1. The average Bonchev–Trinajstić information content (AvgIpc) is 2.92. The number of hydrogen-bond acceptors (Lipinski definition) is 2. The number of aromatic nitrogens is 2. The highest BCUT2D eigenvalue weighted by atomic mass is 16.1. The molecule has 4 heteroatoms. The Morgan fingerprint density at radius 3 is 2.61 bits per heavy atom. The van der Waals surface area contributed by atoms with Gasteiger partial charge >= 0.3 is 0 Å². The molecule has 3 aromatic rings. The number of carbonyl (C=O) groups is 1. The van der Waals surface area contributed by atoms with Crippen molar-refractivity contribution in [3.05, 3.63) is 66.0 Å². The first-order valence-corrected chi connectivity index (χ1v) is 8.02. The van der Waals surface area contributed by atoms with Crippen LogP contribution in [-0.2, 0) is 24.3 Å². The largest absolute Gasteiger partial charge is 0.350 e. The van der Waals surface area contributed by atoms with Crippen LogP contribution in [0.2, 0.25) is 0 Å². The molecule has 1 amide bonds. The minimum Gasteiger partial charge on any atom is -0.350 e. The normalized spacial score (nSPS) is 10.8. The topological polar surface area (TPSA) is 46.9 Å². The smallest absolute Gasteiger partial charge is 0.240 e. The Morgan fingerprint density at radius 1 is 1.09 bits per heavy atom. The summed E-state index contributed by atoms with van der Waals surface area (Å²) in [5, 5.41) is 2.98. The maximum atomic E-state index is 12.3. The quantitative estimate of drug-likeness (QED) is 0.759. The third kappa shape index (κ3) is 3.59. The number of carbonyl (C=O) groups excluding carboxylic acids is 1. The van der Waals surface area contributed by atoms with Gasteiger partial charge in [0.1, 0.15) is 12.4 Å². The lowest BCUT2D eigenvalue weighted by molar-refractivity contribution is -0.121. The van der Waals surface area contributed by atoms with Crippen molar-refractivity contribution in [3.8, 4) is 0 Å². The summed E-state index contributed by atoms with van der Waals surface area (Å²) in [6.45, 7) is 2.98. The number of aryl methyl sites for hydroxylation is 1. The molecule has 1 aromatic heterocycles. The van der Waals surface area contributed by atoms with Gasteiger partial charge in [-0.3, -0.25) is 4.79 Å². The van der Waals surface area contributed by atoms with Crippen molar-refractivity contribution in [2.24, 2.45) is 0 Å². The lowest BCUT2D eigenvalue weighted by atomic mass is 10.2. The Hall–Kier alpha value is -2.62. The Balaban J connectivity index is 1.74. The lowest BCUT2D eigenvalue weighted by Gasteiger charge is -2.10. The van der Waals surface area contributed by atoms with E-state index in [9.17, 15) is 4.79 Å². The fourth-order valence-corrected chi connectivity index (χ4v) is 2.71. The van der Waals surface area contributed by atoms with Gasteiger partial charge in [0, 0.05) is 13.0 Å². The van der Waals surface area contributed by atoms with Crippen LogP contribution in [0.1, 0.15) is 24.7 Å². The van der Waals surface area contributed by atoms with E-state index in [0.717, 1.165) is 35.3 Å². The van der Waals surface area contributed by atoms with Crippen molar-refractivity contribution in [3.63, 3.8) is 0 Å². The first-order valence-electron chi connectivity index (χ1n) is 8.02. The number of hydrogen-bond donors (Lipinski definition) is 1. The molecule has 118 valence electrons. The highest BCUT2D eigenvalue weighted by Crippen LogP contribution is 2.17. The van der Waals surface area contributed by atoms with Crippen LogP contribution in [0, 0.1) is 0 Å². The van der Waals surface area contributed by atoms with Crippen molar-refractivity contribution in [1.29, 1.82) is 0 Å². The van der Waals surface area contributed by atoms with Gasteiger partial charge in [-0.1, -0.05) is 49.4 Å². The van der Waals surface area contributed by atoms with Crippen molar-refractivity contribution in [2.75, 3.05) is 0 Å². The monoisotopic (exact) mass is 307 g/mol. The first-order chi connectivity index (χ1) is 11.3. The number of nitrogens with zero attached hydrogens (tertiary/aromatic N) is 2. The highest BCUT2D eigenvalue weighted by Gasteiger charge is 2.12. The molecule has 0 saturated heterocycles. The molecule has 0 bridgehead atoms. The second kappa shape index (κ2) is 7.09. The van der Waals surface area contributed by atoms with Gasteiger partial charge in [-0.2, -0.15) is 0 Å². The first kappa shape index (κ1) is 15.3. The summed E-state index contributed by atoms with van der Waals surface area (Å²) in [5.41, 5.74) is 3.07. The zero-order chi connectivity index (χ0) is 16.1. The molecule has 0 unspecified atom stereocenters. The standard InChI is InChI=1S/C19H21N3O/c1-2-8-18-21-16-11-6-7-12-17(16)22(18)14-19(23)20-13-15-9-4-3-5-10-15/h3-7,9-12H,2,8,13-14H2,1H3,(H,20,23). The molecule has 3 rings (SSSR count). The molecule has 0 atom stereocenters. The molecule has 4 nitrogen and oxygen atoms in total. The Bertz CT molecular complexity index is 793. The number of benzene rings is 2. The molecule has 1 N–H and O–H groups in total. The molecule has 0 aliphatic heterocycles. The van der Waals surface area contributed by atoms with Crippen molar-refractivity contribution >= 4 is 16.9 Å². The average molecular weight is 307 g/mol. The molecule has 2 aromatic carbocycles. The van der Waals surface area contributed by atoms with Crippen LogP contribution in [-0.4, -0.2) is 15.5 Å². The van der Waals surface area contributed by atoms with Gasteiger partial charge in [0.15, 0.2) is 0 Å². The number of nitrogens with one attached hydrogen (secondary N) is 1. The minimum atomic E-state index is 0.00867. The van der Waals surface area contributed by atoms with Gasteiger partial charge in [-0.05, 0) is 24.1 Å². The van der Waals surface area contributed by atoms with E-state index in [1.54, 1.807) is 0 Å². The molecular weight excluding hydrogens is 286 g/mol. The zero-order valence-corrected chi connectivity index (χ0v) is 13.3. The van der Waals surface area contributed by atoms with Crippen molar-refractivity contribution in [2.45, 2.75) is 32.9 Å². The zero-order valence-electron chi connectivity index (χ0n) is 13.3. The lowest BCUT2D eigenvalue weighted by Crippen LogP contribution is -2.27.